The molecule has 0 saturated carbocycles. The van der Waals surface area contributed by atoms with Crippen LogP contribution in [0.5, 0.6) is 0 Å². The molecular formula is C9H12N4S. The number of nitrogens with zero attached hydrogens (tertiary/aromatic N) is 3. The van der Waals surface area contributed by atoms with Gasteiger partial charge in [0.15, 0.2) is 0 Å². The Balaban J connectivity index is 2.21. The average molecular weight is 208 g/mol. The Labute approximate surface area is 86.4 Å². The number of nitrogens with two attached hydrogens (primary N) is 1. The van der Waals surface area contributed by atoms with Gasteiger partial charge in [0.1, 0.15) is 0 Å². The molecule has 2 heterocycles. The van der Waals surface area contributed by atoms with Crippen molar-refractivity contribution >= 4 is 11.3 Å². The van der Waals surface area contributed by atoms with E-state index in [4.69, 9.17) is 5.73 Å². The zero-order chi connectivity index (χ0) is 9.97. The first kappa shape index (κ1) is 9.36. The van der Waals surface area contributed by atoms with Crippen molar-refractivity contribution in [1.82, 2.24) is 14.8 Å². The Morgan fingerprint density at radius 1 is 1.50 bits per heavy atom. The molecule has 0 aliphatic carbocycles. The van der Waals surface area contributed by atoms with E-state index in [0.717, 1.165) is 17.8 Å². The molecule has 0 unspecified atom stereocenters. The van der Waals surface area contributed by atoms with Crippen LogP contribution in [0.25, 0.3) is 0 Å². The van der Waals surface area contributed by atoms with E-state index < -0.39 is 0 Å². The molecule has 0 saturated heterocycles. The largest absolute Gasteiger partial charge is 0.326 e. The van der Waals surface area contributed by atoms with Crippen LogP contribution in [0, 0.1) is 6.92 Å². The maximum absolute atomic E-state index is 5.57. The lowest BCUT2D eigenvalue weighted by Crippen LogP contribution is -2.04. The molecule has 0 radical (unpaired) electrons. The van der Waals surface area contributed by atoms with Crippen molar-refractivity contribution in [2.75, 3.05) is 0 Å². The van der Waals surface area contributed by atoms with Crippen molar-refractivity contribution in [2.45, 2.75) is 20.0 Å². The lowest BCUT2D eigenvalue weighted by atomic mass is 10.3. The number of hydrogen-bond donors (Lipinski definition) is 1. The summed E-state index contributed by atoms with van der Waals surface area (Å²) in [5.74, 6) is 0. The van der Waals surface area contributed by atoms with E-state index in [1.165, 1.54) is 4.88 Å². The van der Waals surface area contributed by atoms with Crippen molar-refractivity contribution in [2.24, 2.45) is 5.73 Å². The molecule has 14 heavy (non-hydrogen) atoms. The quantitative estimate of drug-likeness (QED) is 0.823. The van der Waals surface area contributed by atoms with E-state index in [1.54, 1.807) is 11.3 Å². The highest BCUT2D eigenvalue weighted by Gasteiger charge is 2.05. The summed E-state index contributed by atoms with van der Waals surface area (Å²) in [6, 6.07) is 0. The van der Waals surface area contributed by atoms with E-state index in [1.807, 2.05) is 29.5 Å². The summed E-state index contributed by atoms with van der Waals surface area (Å²) in [6.07, 6.45) is 3.70. The summed E-state index contributed by atoms with van der Waals surface area (Å²) in [6.45, 7) is 3.38. The minimum absolute atomic E-state index is 0.550. The van der Waals surface area contributed by atoms with Crippen LogP contribution in [-0.4, -0.2) is 14.8 Å². The summed E-state index contributed by atoms with van der Waals surface area (Å²) in [5, 5.41) is 4.28. The van der Waals surface area contributed by atoms with Crippen molar-refractivity contribution in [3.05, 3.63) is 34.0 Å². The third-order valence-electron chi connectivity index (χ3n) is 2.21. The third-order valence-corrected chi connectivity index (χ3v) is 2.98. The smallest absolute Gasteiger partial charge is 0.0794 e. The predicted octanol–water partition coefficient (Wildman–Crippen LogP) is 1.16. The van der Waals surface area contributed by atoms with Gasteiger partial charge in [0, 0.05) is 28.9 Å². The van der Waals surface area contributed by atoms with Gasteiger partial charge in [-0.2, -0.15) is 5.10 Å². The maximum Gasteiger partial charge on any atom is 0.0794 e. The van der Waals surface area contributed by atoms with Gasteiger partial charge in [-0.15, -0.1) is 11.3 Å². The summed E-state index contributed by atoms with van der Waals surface area (Å²) < 4.78 is 1.95. The first-order valence-corrected chi connectivity index (χ1v) is 5.28. The highest BCUT2D eigenvalue weighted by molar-refractivity contribution is 7.09. The van der Waals surface area contributed by atoms with E-state index in [9.17, 15) is 0 Å². The van der Waals surface area contributed by atoms with Gasteiger partial charge in [0.2, 0.25) is 0 Å². The molecule has 2 aromatic heterocycles. The lowest BCUT2D eigenvalue weighted by molar-refractivity contribution is 0.669. The molecule has 2 rings (SSSR count). The first-order chi connectivity index (χ1) is 6.81. The Hall–Kier alpha value is -1.20. The summed E-state index contributed by atoms with van der Waals surface area (Å²) >= 11 is 1.64. The fraction of sp³-hybridized carbons (Fsp3) is 0.333. The Kier molecular flexibility index (Phi) is 2.60. The van der Waals surface area contributed by atoms with Crippen LogP contribution in [0.2, 0.25) is 0 Å². The highest BCUT2D eigenvalue weighted by atomic mass is 32.1. The van der Waals surface area contributed by atoms with Gasteiger partial charge >= 0.3 is 0 Å². The molecule has 0 atom stereocenters. The molecule has 0 fully saturated rings. The monoisotopic (exact) mass is 208 g/mol. The normalized spacial score (nSPS) is 10.7. The van der Waals surface area contributed by atoms with Gasteiger partial charge in [0.25, 0.3) is 0 Å². The second kappa shape index (κ2) is 3.89. The maximum atomic E-state index is 5.57. The molecule has 0 aliphatic heterocycles. The third kappa shape index (κ3) is 1.69. The van der Waals surface area contributed by atoms with Crippen molar-refractivity contribution in [3.8, 4) is 0 Å². The molecule has 2 aromatic rings. The molecule has 0 amide bonds. The van der Waals surface area contributed by atoms with Gasteiger partial charge in [-0.1, -0.05) is 0 Å². The molecular weight excluding hydrogens is 196 g/mol. The van der Waals surface area contributed by atoms with Gasteiger partial charge in [0.05, 0.1) is 18.3 Å². The van der Waals surface area contributed by atoms with Crippen molar-refractivity contribution in [1.29, 1.82) is 0 Å². The van der Waals surface area contributed by atoms with Gasteiger partial charge in [-0.25, -0.2) is 0 Å². The average Bonchev–Trinajstić information content (AvgIpc) is 2.79. The number of aromatic nitrogens is 3. The van der Waals surface area contributed by atoms with Crippen LogP contribution in [0.1, 0.15) is 16.1 Å². The van der Waals surface area contributed by atoms with E-state index >= 15 is 0 Å². The Bertz CT molecular complexity index is 404. The molecule has 0 bridgehead atoms. The van der Waals surface area contributed by atoms with Crippen LogP contribution >= 0.6 is 11.3 Å². The van der Waals surface area contributed by atoms with Crippen LogP contribution in [0.3, 0.4) is 0 Å². The SMILES string of the molecule is Cc1c(CN)cnn1Cc1cncs1. The molecule has 0 aromatic carbocycles. The fourth-order valence-electron chi connectivity index (χ4n) is 1.31. The standard InChI is InChI=1S/C9H12N4S/c1-7-8(2-10)3-12-13(7)5-9-4-11-6-14-9/h3-4,6H,2,5,10H2,1H3. The van der Waals surface area contributed by atoms with Crippen molar-refractivity contribution in [3.63, 3.8) is 0 Å². The van der Waals surface area contributed by atoms with Crippen LogP contribution in [-0.2, 0) is 13.1 Å². The highest BCUT2D eigenvalue weighted by Crippen LogP contribution is 2.11. The Morgan fingerprint density at radius 2 is 2.36 bits per heavy atom. The molecule has 0 spiro atoms. The van der Waals surface area contributed by atoms with E-state index in [-0.39, 0.29) is 0 Å². The molecule has 4 nitrogen and oxygen atoms in total. The van der Waals surface area contributed by atoms with Crippen molar-refractivity contribution < 1.29 is 0 Å². The zero-order valence-electron chi connectivity index (χ0n) is 7.97. The fourth-order valence-corrected chi connectivity index (χ4v) is 1.89. The topological polar surface area (TPSA) is 56.7 Å². The van der Waals surface area contributed by atoms with Crippen LogP contribution in [0.15, 0.2) is 17.9 Å². The molecule has 74 valence electrons. The number of rotatable bonds is 3. The summed E-state index contributed by atoms with van der Waals surface area (Å²) in [7, 11) is 0. The van der Waals surface area contributed by atoms with E-state index in [0.29, 0.717) is 6.54 Å². The minimum atomic E-state index is 0.550. The number of thiazole rings is 1. The second-order valence-electron chi connectivity index (χ2n) is 3.08. The molecule has 5 heteroatoms. The molecule has 0 aliphatic rings. The van der Waals surface area contributed by atoms with Gasteiger partial charge in [-0.05, 0) is 6.92 Å². The van der Waals surface area contributed by atoms with Crippen LogP contribution < -0.4 is 5.73 Å². The second-order valence-corrected chi connectivity index (χ2v) is 4.06. The zero-order valence-corrected chi connectivity index (χ0v) is 8.79. The predicted molar refractivity (Wildman–Crippen MR) is 56.1 cm³/mol. The lowest BCUT2D eigenvalue weighted by Gasteiger charge is -2.02. The summed E-state index contributed by atoms with van der Waals surface area (Å²) in [5.41, 5.74) is 9.65. The number of hydrogen-bond acceptors (Lipinski definition) is 4. The minimum Gasteiger partial charge on any atom is -0.326 e. The van der Waals surface area contributed by atoms with Crippen LogP contribution in [0.4, 0.5) is 0 Å². The van der Waals surface area contributed by atoms with Gasteiger partial charge in [-0.3, -0.25) is 9.67 Å². The molecule has 2 N–H and O–H groups in total. The Morgan fingerprint density at radius 3 is 2.93 bits per heavy atom. The van der Waals surface area contributed by atoms with E-state index in [2.05, 4.69) is 10.1 Å². The summed E-state index contributed by atoms with van der Waals surface area (Å²) in [4.78, 5) is 5.24. The van der Waals surface area contributed by atoms with Gasteiger partial charge < -0.3 is 5.73 Å². The first-order valence-electron chi connectivity index (χ1n) is 4.40.